The minimum Gasteiger partial charge on any atom is -0.358 e. The van der Waals surface area contributed by atoms with Crippen LogP contribution in [0.5, 0.6) is 0 Å². The summed E-state index contributed by atoms with van der Waals surface area (Å²) in [5.41, 5.74) is 2.46. The molecule has 8 nitrogen and oxygen atoms in total. The predicted molar refractivity (Wildman–Crippen MR) is 110 cm³/mol. The Kier molecular flexibility index (Phi) is 4.16. The van der Waals surface area contributed by atoms with Crippen LogP contribution < -0.4 is 10.2 Å². The van der Waals surface area contributed by atoms with Gasteiger partial charge in [-0.05, 0) is 30.7 Å². The number of rotatable bonds is 4. The number of aromatic nitrogens is 5. The lowest BCUT2D eigenvalue weighted by Crippen LogP contribution is -2.33. The van der Waals surface area contributed by atoms with Crippen molar-refractivity contribution in [1.29, 1.82) is 0 Å². The molecule has 1 aliphatic rings. The van der Waals surface area contributed by atoms with Crippen LogP contribution in [0, 0.1) is 0 Å². The van der Waals surface area contributed by atoms with Gasteiger partial charge >= 0.3 is 0 Å². The number of nitrogens with zero attached hydrogens (tertiary/aromatic N) is 6. The van der Waals surface area contributed by atoms with Crippen LogP contribution in [0.25, 0.3) is 22.3 Å². The summed E-state index contributed by atoms with van der Waals surface area (Å²) in [6.07, 6.45) is 7.70. The first-order valence-corrected chi connectivity index (χ1v) is 9.43. The monoisotopic (exact) mass is 385 g/mol. The Morgan fingerprint density at radius 1 is 1.10 bits per heavy atom. The predicted octanol–water partition coefficient (Wildman–Crippen LogP) is 2.64. The number of para-hydroxylation sites is 1. The van der Waals surface area contributed by atoms with Gasteiger partial charge in [0.1, 0.15) is 11.9 Å². The lowest BCUT2D eigenvalue weighted by molar-refractivity contribution is -0.117. The number of amides is 1. The summed E-state index contributed by atoms with van der Waals surface area (Å²) in [7, 11) is 1.84. The van der Waals surface area contributed by atoms with E-state index in [2.05, 4.69) is 20.4 Å². The second-order valence-electron chi connectivity index (χ2n) is 7.00. The highest BCUT2D eigenvalue weighted by atomic mass is 16.2. The van der Waals surface area contributed by atoms with Gasteiger partial charge in [-0.3, -0.25) is 14.5 Å². The summed E-state index contributed by atoms with van der Waals surface area (Å²) < 4.78 is 1.70. The van der Waals surface area contributed by atoms with Crippen molar-refractivity contribution in [1.82, 2.24) is 24.7 Å². The van der Waals surface area contributed by atoms with E-state index in [1.165, 1.54) is 0 Å². The van der Waals surface area contributed by atoms with Crippen molar-refractivity contribution in [3.8, 4) is 11.4 Å². The molecule has 0 spiro atoms. The summed E-state index contributed by atoms with van der Waals surface area (Å²) in [5.74, 6) is 1.25. The largest absolute Gasteiger partial charge is 0.358 e. The second-order valence-corrected chi connectivity index (χ2v) is 7.00. The topological polar surface area (TPSA) is 88.8 Å². The van der Waals surface area contributed by atoms with E-state index in [4.69, 9.17) is 4.98 Å². The zero-order valence-electron chi connectivity index (χ0n) is 15.9. The van der Waals surface area contributed by atoms with E-state index in [0.717, 1.165) is 22.2 Å². The molecule has 1 unspecified atom stereocenters. The number of carbonyl (C=O) groups excluding carboxylic acids is 1. The van der Waals surface area contributed by atoms with E-state index in [-0.39, 0.29) is 11.9 Å². The molecule has 4 heterocycles. The minimum atomic E-state index is -0.352. The summed E-state index contributed by atoms with van der Waals surface area (Å²) in [6.45, 7) is 0.640. The van der Waals surface area contributed by atoms with Gasteiger partial charge in [0.25, 0.3) is 0 Å². The molecular weight excluding hydrogens is 366 g/mol. The Balaban J connectivity index is 1.49. The fourth-order valence-electron chi connectivity index (χ4n) is 3.59. The Labute approximate surface area is 167 Å². The van der Waals surface area contributed by atoms with Gasteiger partial charge in [0.15, 0.2) is 5.82 Å². The lowest BCUT2D eigenvalue weighted by atomic mass is 10.2. The zero-order valence-corrected chi connectivity index (χ0v) is 15.9. The maximum Gasteiger partial charge on any atom is 0.249 e. The van der Waals surface area contributed by atoms with Crippen LogP contribution in [0.2, 0.25) is 0 Å². The molecule has 8 heteroatoms. The molecule has 0 saturated carbocycles. The number of pyridine rings is 1. The first-order valence-electron chi connectivity index (χ1n) is 9.43. The lowest BCUT2D eigenvalue weighted by Gasteiger charge is -2.17. The molecule has 0 radical (unpaired) electrons. The number of aryl methyl sites for hydroxylation is 1. The molecule has 1 aromatic carbocycles. The molecule has 0 aliphatic carbocycles. The van der Waals surface area contributed by atoms with Gasteiger partial charge < -0.3 is 10.2 Å². The molecule has 29 heavy (non-hydrogen) atoms. The van der Waals surface area contributed by atoms with Crippen molar-refractivity contribution in [3.05, 3.63) is 61.2 Å². The van der Waals surface area contributed by atoms with Gasteiger partial charge in [-0.1, -0.05) is 12.1 Å². The summed E-state index contributed by atoms with van der Waals surface area (Å²) in [6, 6.07) is 11.2. The summed E-state index contributed by atoms with van der Waals surface area (Å²) in [5, 5.41) is 8.41. The van der Waals surface area contributed by atoms with Crippen molar-refractivity contribution in [2.45, 2.75) is 12.5 Å². The Hall–Kier alpha value is -3.81. The molecule has 1 N–H and O–H groups in total. The third-order valence-electron chi connectivity index (χ3n) is 5.04. The molecule has 4 aromatic rings. The van der Waals surface area contributed by atoms with Crippen molar-refractivity contribution in [2.24, 2.45) is 7.05 Å². The van der Waals surface area contributed by atoms with E-state index in [1.807, 2.05) is 49.6 Å². The molecular formula is C21H19N7O. The summed E-state index contributed by atoms with van der Waals surface area (Å²) in [4.78, 5) is 28.3. The van der Waals surface area contributed by atoms with Crippen molar-refractivity contribution >= 4 is 28.3 Å². The fraction of sp³-hybridized carbons (Fsp3) is 0.190. The first-order chi connectivity index (χ1) is 14.2. The van der Waals surface area contributed by atoms with Gasteiger partial charge in [0.05, 0.1) is 17.4 Å². The van der Waals surface area contributed by atoms with Gasteiger partial charge in [0.2, 0.25) is 5.91 Å². The van der Waals surface area contributed by atoms with E-state index in [0.29, 0.717) is 24.6 Å². The molecule has 144 valence electrons. The molecule has 3 aromatic heterocycles. The third kappa shape index (κ3) is 3.18. The quantitative estimate of drug-likeness (QED) is 0.581. The number of anilines is 2. The summed E-state index contributed by atoms with van der Waals surface area (Å²) >= 11 is 0. The van der Waals surface area contributed by atoms with Crippen LogP contribution in [0.3, 0.4) is 0 Å². The van der Waals surface area contributed by atoms with Crippen LogP contribution in [0.4, 0.5) is 11.5 Å². The Bertz CT molecular complexity index is 1190. The third-order valence-corrected chi connectivity index (χ3v) is 5.04. The number of benzene rings is 1. The minimum absolute atomic E-state index is 0.0172. The van der Waals surface area contributed by atoms with Crippen LogP contribution in [0.1, 0.15) is 6.42 Å². The van der Waals surface area contributed by atoms with Gasteiger partial charge in [-0.2, -0.15) is 5.10 Å². The number of hydrogen-bond acceptors (Lipinski definition) is 6. The van der Waals surface area contributed by atoms with E-state index < -0.39 is 0 Å². The van der Waals surface area contributed by atoms with E-state index >= 15 is 0 Å². The number of nitrogens with one attached hydrogen (secondary N) is 1. The van der Waals surface area contributed by atoms with Crippen LogP contribution in [-0.4, -0.2) is 43.2 Å². The first kappa shape index (κ1) is 17.3. The molecule has 5 rings (SSSR count). The number of fused-ring (bicyclic) bond motifs is 1. The molecule has 0 bridgehead atoms. The highest BCUT2D eigenvalue weighted by molar-refractivity contribution is 6.02. The van der Waals surface area contributed by atoms with Crippen molar-refractivity contribution < 1.29 is 4.79 Å². The molecule has 1 aliphatic heterocycles. The molecule has 1 fully saturated rings. The standard InChI is InChI=1S/C21H19N7O/c1-27-13-15(12-23-27)28-10-8-18(21(28)29)25-20-16-6-2-3-7-17(16)24-19(26-20)14-5-4-9-22-11-14/h2-7,9,11-13,18H,8,10H2,1H3,(H,24,25,26). The highest BCUT2D eigenvalue weighted by Gasteiger charge is 2.33. The second kappa shape index (κ2) is 6.97. The maximum absolute atomic E-state index is 13.0. The van der Waals surface area contributed by atoms with E-state index in [1.54, 1.807) is 28.2 Å². The van der Waals surface area contributed by atoms with E-state index in [9.17, 15) is 4.79 Å². The SMILES string of the molecule is Cn1cc(N2CCC(Nc3nc(-c4cccnc4)nc4ccccc34)C2=O)cn1. The Morgan fingerprint density at radius 2 is 2.00 bits per heavy atom. The zero-order chi connectivity index (χ0) is 19.8. The molecule has 1 atom stereocenters. The number of hydrogen-bond donors (Lipinski definition) is 1. The highest BCUT2D eigenvalue weighted by Crippen LogP contribution is 2.28. The van der Waals surface area contributed by atoms with Crippen LogP contribution >= 0.6 is 0 Å². The van der Waals surface area contributed by atoms with Gasteiger partial charge in [-0.25, -0.2) is 9.97 Å². The molecule has 1 saturated heterocycles. The fourth-order valence-corrected chi connectivity index (χ4v) is 3.59. The smallest absolute Gasteiger partial charge is 0.249 e. The molecule has 1 amide bonds. The van der Waals surface area contributed by atoms with Crippen molar-refractivity contribution in [3.63, 3.8) is 0 Å². The van der Waals surface area contributed by atoms with Crippen LogP contribution in [-0.2, 0) is 11.8 Å². The number of carbonyl (C=O) groups is 1. The normalized spacial score (nSPS) is 16.5. The van der Waals surface area contributed by atoms with Gasteiger partial charge in [-0.15, -0.1) is 0 Å². The average molecular weight is 385 g/mol. The average Bonchev–Trinajstić information content (AvgIpc) is 3.34. The van der Waals surface area contributed by atoms with Crippen LogP contribution in [0.15, 0.2) is 61.2 Å². The van der Waals surface area contributed by atoms with Gasteiger partial charge in [0, 0.05) is 43.1 Å². The van der Waals surface area contributed by atoms with Crippen molar-refractivity contribution in [2.75, 3.05) is 16.8 Å². The maximum atomic E-state index is 13.0. The Morgan fingerprint density at radius 3 is 2.79 bits per heavy atom.